The molecule has 100 valence electrons. The first-order chi connectivity index (χ1) is 9.81. The Morgan fingerprint density at radius 3 is 2.75 bits per heavy atom. The highest BCUT2D eigenvalue weighted by Crippen LogP contribution is 2.38. The van der Waals surface area contributed by atoms with Crippen LogP contribution in [-0.2, 0) is 18.0 Å². The van der Waals surface area contributed by atoms with Crippen LogP contribution >= 0.6 is 22.9 Å². The van der Waals surface area contributed by atoms with Gasteiger partial charge in [0.25, 0.3) is 0 Å². The van der Waals surface area contributed by atoms with Crippen molar-refractivity contribution in [3.8, 4) is 0 Å². The summed E-state index contributed by atoms with van der Waals surface area (Å²) in [5.41, 5.74) is 3.71. The average molecular weight is 301 g/mol. The van der Waals surface area contributed by atoms with E-state index in [1.54, 1.807) is 11.3 Å². The lowest BCUT2D eigenvalue weighted by molar-refractivity contribution is 0.134. The molecule has 1 nitrogen and oxygen atoms in total. The highest BCUT2D eigenvalue weighted by molar-refractivity contribution is 7.19. The van der Waals surface area contributed by atoms with Crippen LogP contribution in [0.5, 0.6) is 0 Å². The minimum absolute atomic E-state index is 0.0849. The van der Waals surface area contributed by atoms with E-state index in [9.17, 15) is 0 Å². The van der Waals surface area contributed by atoms with Gasteiger partial charge < -0.3 is 4.74 Å². The van der Waals surface area contributed by atoms with E-state index in [-0.39, 0.29) is 5.38 Å². The molecule has 0 radical (unpaired) electrons. The lowest BCUT2D eigenvalue weighted by Gasteiger charge is -2.09. The minimum Gasteiger partial charge on any atom is -0.372 e. The van der Waals surface area contributed by atoms with Crippen molar-refractivity contribution in [2.75, 3.05) is 0 Å². The summed E-state index contributed by atoms with van der Waals surface area (Å²) < 4.78 is 6.75. The van der Waals surface area contributed by atoms with Gasteiger partial charge in [-0.15, -0.1) is 22.9 Å². The third kappa shape index (κ3) is 2.05. The molecule has 0 aliphatic carbocycles. The molecule has 3 heteroatoms. The van der Waals surface area contributed by atoms with Crippen LogP contribution in [0, 0.1) is 0 Å². The predicted octanol–water partition coefficient (Wildman–Crippen LogP) is 5.26. The largest absolute Gasteiger partial charge is 0.372 e. The Labute approximate surface area is 126 Å². The third-order valence-electron chi connectivity index (χ3n) is 3.73. The van der Waals surface area contributed by atoms with Gasteiger partial charge in [0.15, 0.2) is 0 Å². The highest BCUT2D eigenvalue weighted by atomic mass is 35.5. The monoisotopic (exact) mass is 300 g/mol. The lowest BCUT2D eigenvalue weighted by Crippen LogP contribution is -1.92. The molecule has 2 aromatic carbocycles. The maximum Gasteiger partial charge on any atom is 0.0928 e. The first-order valence-electron chi connectivity index (χ1n) is 6.63. The van der Waals surface area contributed by atoms with Crippen molar-refractivity contribution in [1.29, 1.82) is 0 Å². The van der Waals surface area contributed by atoms with Gasteiger partial charge in [-0.25, -0.2) is 0 Å². The second kappa shape index (κ2) is 4.88. The fraction of sp³-hybridized carbons (Fsp3) is 0.176. The van der Waals surface area contributed by atoms with E-state index in [4.69, 9.17) is 16.3 Å². The van der Waals surface area contributed by atoms with Gasteiger partial charge >= 0.3 is 0 Å². The van der Waals surface area contributed by atoms with Crippen molar-refractivity contribution in [3.63, 3.8) is 0 Å². The molecule has 3 aromatic rings. The highest BCUT2D eigenvalue weighted by Gasteiger charge is 2.17. The van der Waals surface area contributed by atoms with E-state index in [0.717, 1.165) is 12.2 Å². The minimum atomic E-state index is -0.0849. The number of benzene rings is 2. The summed E-state index contributed by atoms with van der Waals surface area (Å²) >= 11 is 8.44. The van der Waals surface area contributed by atoms with Gasteiger partial charge in [-0.1, -0.05) is 36.4 Å². The summed E-state index contributed by atoms with van der Waals surface area (Å²) in [7, 11) is 0. The van der Waals surface area contributed by atoms with E-state index in [0.29, 0.717) is 6.61 Å². The molecule has 1 aliphatic rings. The summed E-state index contributed by atoms with van der Waals surface area (Å²) in [5.74, 6) is 0. The fourth-order valence-electron chi connectivity index (χ4n) is 2.64. The molecule has 2 heterocycles. The van der Waals surface area contributed by atoms with Crippen LogP contribution in [0.2, 0.25) is 0 Å². The van der Waals surface area contributed by atoms with Crippen molar-refractivity contribution >= 4 is 33.0 Å². The SMILES string of the molecule is ClC(c1ccc2c(c1)COC2)c1cc2ccccc2s1. The molecule has 0 amide bonds. The zero-order chi connectivity index (χ0) is 13.5. The van der Waals surface area contributed by atoms with Gasteiger partial charge in [0.05, 0.1) is 18.6 Å². The third-order valence-corrected chi connectivity index (χ3v) is 5.53. The van der Waals surface area contributed by atoms with Gasteiger partial charge in [-0.2, -0.15) is 0 Å². The number of alkyl halides is 1. The maximum absolute atomic E-state index is 6.67. The van der Waals surface area contributed by atoms with Crippen LogP contribution in [0.15, 0.2) is 48.5 Å². The second-order valence-electron chi connectivity index (χ2n) is 5.07. The normalized spacial score (nSPS) is 15.4. The summed E-state index contributed by atoms with van der Waals surface area (Å²) in [6, 6.07) is 17.0. The smallest absolute Gasteiger partial charge is 0.0928 e. The van der Waals surface area contributed by atoms with E-state index < -0.39 is 0 Å². The van der Waals surface area contributed by atoms with Crippen molar-refractivity contribution < 1.29 is 4.74 Å². The summed E-state index contributed by atoms with van der Waals surface area (Å²) in [4.78, 5) is 1.20. The van der Waals surface area contributed by atoms with Crippen LogP contribution < -0.4 is 0 Å². The van der Waals surface area contributed by atoms with Crippen molar-refractivity contribution in [2.45, 2.75) is 18.6 Å². The molecule has 4 rings (SSSR count). The molecule has 1 unspecified atom stereocenters. The molecule has 0 N–H and O–H groups in total. The number of halogens is 1. The van der Waals surface area contributed by atoms with Crippen molar-refractivity contribution in [1.82, 2.24) is 0 Å². The fourth-order valence-corrected chi connectivity index (χ4v) is 4.04. The molecule has 0 spiro atoms. The Morgan fingerprint density at radius 1 is 1.00 bits per heavy atom. The summed E-state index contributed by atoms with van der Waals surface area (Å²) in [6.07, 6.45) is 0. The first kappa shape index (κ1) is 12.4. The average Bonchev–Trinajstić information content (AvgIpc) is 3.11. The number of thiophene rings is 1. The quantitative estimate of drug-likeness (QED) is 0.587. The van der Waals surface area contributed by atoms with E-state index in [1.807, 2.05) is 0 Å². The number of hydrogen-bond acceptors (Lipinski definition) is 2. The Morgan fingerprint density at radius 2 is 1.85 bits per heavy atom. The molecule has 0 saturated carbocycles. The number of rotatable bonds is 2. The van der Waals surface area contributed by atoms with Crippen LogP contribution in [0.3, 0.4) is 0 Å². The van der Waals surface area contributed by atoms with Gasteiger partial charge in [-0.05, 0) is 34.2 Å². The summed E-state index contributed by atoms with van der Waals surface area (Å²) in [6.45, 7) is 1.44. The number of hydrogen-bond donors (Lipinski definition) is 0. The Balaban J connectivity index is 1.74. The van der Waals surface area contributed by atoms with Gasteiger partial charge in [0.1, 0.15) is 0 Å². The number of fused-ring (bicyclic) bond motifs is 2. The Hall–Kier alpha value is -1.35. The molecule has 0 bridgehead atoms. The summed E-state index contributed by atoms with van der Waals surface area (Å²) in [5, 5.41) is 1.18. The molecule has 0 saturated heterocycles. The number of ether oxygens (including phenoxy) is 1. The topological polar surface area (TPSA) is 9.23 Å². The Bertz CT molecular complexity index is 745. The van der Waals surface area contributed by atoms with Gasteiger partial charge in [-0.3, -0.25) is 0 Å². The van der Waals surface area contributed by atoms with Crippen molar-refractivity contribution in [2.24, 2.45) is 0 Å². The Kier molecular flexibility index (Phi) is 3.03. The van der Waals surface area contributed by atoms with Crippen molar-refractivity contribution in [3.05, 3.63) is 70.1 Å². The molecule has 1 atom stereocenters. The molecule has 1 aliphatic heterocycles. The maximum atomic E-state index is 6.67. The van der Waals surface area contributed by atoms with Crippen LogP contribution in [0.4, 0.5) is 0 Å². The standard InChI is InChI=1S/C17H13ClOS/c18-17(12-5-6-13-9-19-10-14(13)7-12)16-8-11-3-1-2-4-15(11)20-16/h1-8,17H,9-10H2. The van der Waals surface area contributed by atoms with Crippen LogP contribution in [0.25, 0.3) is 10.1 Å². The first-order valence-corrected chi connectivity index (χ1v) is 7.88. The zero-order valence-corrected chi connectivity index (χ0v) is 12.4. The van der Waals surface area contributed by atoms with Crippen LogP contribution in [0.1, 0.15) is 26.9 Å². The molecular formula is C17H13ClOS. The van der Waals surface area contributed by atoms with E-state index in [2.05, 4.69) is 48.5 Å². The zero-order valence-electron chi connectivity index (χ0n) is 10.8. The lowest BCUT2D eigenvalue weighted by atomic mass is 10.0. The molecule has 1 aromatic heterocycles. The van der Waals surface area contributed by atoms with Crippen LogP contribution in [-0.4, -0.2) is 0 Å². The van der Waals surface area contributed by atoms with Gasteiger partial charge in [0, 0.05) is 9.58 Å². The molecular weight excluding hydrogens is 288 g/mol. The van der Waals surface area contributed by atoms with E-state index >= 15 is 0 Å². The van der Waals surface area contributed by atoms with E-state index in [1.165, 1.54) is 26.1 Å². The van der Waals surface area contributed by atoms with Gasteiger partial charge in [0.2, 0.25) is 0 Å². The molecule has 0 fully saturated rings. The molecule has 20 heavy (non-hydrogen) atoms. The second-order valence-corrected chi connectivity index (χ2v) is 6.62. The predicted molar refractivity (Wildman–Crippen MR) is 84.5 cm³/mol.